The van der Waals surface area contributed by atoms with E-state index in [0.717, 1.165) is 6.92 Å². The molecule has 1 aromatic carbocycles. The summed E-state index contributed by atoms with van der Waals surface area (Å²) in [6, 6.07) is 5.65. The summed E-state index contributed by atoms with van der Waals surface area (Å²) < 4.78 is 30.7. The Kier molecular flexibility index (Phi) is 3.31. The van der Waals surface area contributed by atoms with Gasteiger partial charge in [0.15, 0.2) is 0 Å². The van der Waals surface area contributed by atoms with Crippen LogP contribution in [-0.4, -0.2) is 21.4 Å². The van der Waals surface area contributed by atoms with Crippen LogP contribution in [0.25, 0.3) is 0 Å². The maximum atomic E-state index is 11.4. The average Bonchev–Trinajstić information content (AvgIpc) is 2.16. The number of amides is 1. The number of hydrogen-bond acceptors (Lipinski definition) is 4. The summed E-state index contributed by atoms with van der Waals surface area (Å²) in [6.07, 6.45) is 0. The van der Waals surface area contributed by atoms with Gasteiger partial charge in [-0.2, -0.15) is 8.42 Å². The largest absolute Gasteiger partial charge is 0.497 e. The van der Waals surface area contributed by atoms with E-state index in [1.54, 1.807) is 0 Å². The lowest BCUT2D eigenvalue weighted by Crippen LogP contribution is -2.20. The van der Waals surface area contributed by atoms with Crippen LogP contribution in [0.4, 0.5) is 0 Å². The van der Waals surface area contributed by atoms with Crippen LogP contribution in [0.3, 0.4) is 0 Å². The molecule has 0 aliphatic rings. The number of benzene rings is 1. The van der Waals surface area contributed by atoms with Crippen LogP contribution in [0, 0.1) is 0 Å². The molecule has 0 aliphatic carbocycles. The standard InChI is InChI=1S/C9H10NO4S/c1-7(11)10-15(12,13)9-5-3-8(14-2)4-6-9/h3-6H,1-2H3. The van der Waals surface area contributed by atoms with E-state index in [1.165, 1.54) is 31.4 Å². The van der Waals surface area contributed by atoms with Crippen LogP contribution in [0.5, 0.6) is 5.75 Å². The van der Waals surface area contributed by atoms with Gasteiger partial charge in [0.05, 0.1) is 12.0 Å². The summed E-state index contributed by atoms with van der Waals surface area (Å²) in [7, 11) is -2.39. The summed E-state index contributed by atoms with van der Waals surface area (Å²) in [4.78, 5) is 10.6. The van der Waals surface area contributed by atoms with Crippen LogP contribution in [0.1, 0.15) is 6.92 Å². The molecule has 15 heavy (non-hydrogen) atoms. The van der Waals surface area contributed by atoms with Gasteiger partial charge in [0.2, 0.25) is 0 Å². The molecule has 0 aliphatic heterocycles. The lowest BCUT2D eigenvalue weighted by Gasteiger charge is -2.03. The minimum Gasteiger partial charge on any atom is -0.497 e. The predicted molar refractivity (Wildman–Crippen MR) is 53.0 cm³/mol. The maximum absolute atomic E-state index is 11.4. The van der Waals surface area contributed by atoms with Gasteiger partial charge in [0.1, 0.15) is 5.75 Å². The fourth-order valence-electron chi connectivity index (χ4n) is 0.970. The molecule has 6 heteroatoms. The Morgan fingerprint density at radius 2 is 1.80 bits per heavy atom. The van der Waals surface area contributed by atoms with Gasteiger partial charge in [-0.25, -0.2) is 0 Å². The molecule has 5 nitrogen and oxygen atoms in total. The quantitative estimate of drug-likeness (QED) is 0.756. The van der Waals surface area contributed by atoms with E-state index in [0.29, 0.717) is 5.75 Å². The van der Waals surface area contributed by atoms with Crippen molar-refractivity contribution in [3.05, 3.63) is 24.3 Å². The van der Waals surface area contributed by atoms with Crippen LogP contribution < -0.4 is 9.46 Å². The number of carbonyl (C=O) groups excluding carboxylic acids is 1. The number of hydrogen-bond donors (Lipinski definition) is 0. The van der Waals surface area contributed by atoms with E-state index >= 15 is 0 Å². The van der Waals surface area contributed by atoms with Gasteiger partial charge in [0.25, 0.3) is 15.9 Å². The van der Waals surface area contributed by atoms with Gasteiger partial charge in [-0.3, -0.25) is 4.79 Å². The van der Waals surface area contributed by atoms with E-state index < -0.39 is 15.9 Å². The van der Waals surface area contributed by atoms with Crippen molar-refractivity contribution in [1.29, 1.82) is 0 Å². The maximum Gasteiger partial charge on any atom is 0.285 e. The van der Waals surface area contributed by atoms with Gasteiger partial charge in [-0.05, 0) is 24.3 Å². The van der Waals surface area contributed by atoms with Crippen LogP contribution in [0.2, 0.25) is 0 Å². The Morgan fingerprint density at radius 1 is 1.27 bits per heavy atom. The van der Waals surface area contributed by atoms with Crippen LogP contribution >= 0.6 is 0 Å². The molecule has 0 N–H and O–H groups in total. The van der Waals surface area contributed by atoms with E-state index in [4.69, 9.17) is 4.74 Å². The number of methoxy groups -OCH3 is 1. The summed E-state index contributed by atoms with van der Waals surface area (Å²) >= 11 is 0. The Labute approximate surface area is 88.1 Å². The molecule has 1 aromatic rings. The lowest BCUT2D eigenvalue weighted by atomic mass is 10.3. The molecule has 81 valence electrons. The molecule has 0 atom stereocenters. The van der Waals surface area contributed by atoms with Crippen molar-refractivity contribution in [2.24, 2.45) is 0 Å². The first-order valence-electron chi connectivity index (χ1n) is 4.08. The van der Waals surface area contributed by atoms with Gasteiger partial charge < -0.3 is 4.74 Å². The minimum atomic E-state index is -3.86. The Balaban J connectivity index is 3.01. The fraction of sp³-hybridized carbons (Fsp3) is 0.222. The van der Waals surface area contributed by atoms with Crippen molar-refractivity contribution in [2.45, 2.75) is 11.8 Å². The topological polar surface area (TPSA) is 74.5 Å². The zero-order valence-corrected chi connectivity index (χ0v) is 9.11. The van der Waals surface area contributed by atoms with Gasteiger partial charge >= 0.3 is 0 Å². The highest BCUT2D eigenvalue weighted by Gasteiger charge is 2.17. The normalized spacial score (nSPS) is 10.8. The third-order valence-corrected chi connectivity index (χ3v) is 2.97. The van der Waals surface area contributed by atoms with Crippen LogP contribution in [-0.2, 0) is 14.8 Å². The number of rotatable bonds is 3. The third-order valence-electron chi connectivity index (χ3n) is 1.61. The molecule has 1 radical (unpaired) electrons. The van der Waals surface area contributed by atoms with E-state index in [1.807, 2.05) is 0 Å². The number of ether oxygens (including phenoxy) is 1. The first-order valence-corrected chi connectivity index (χ1v) is 5.52. The first-order chi connectivity index (χ1) is 6.95. The molecule has 0 fully saturated rings. The van der Waals surface area contributed by atoms with E-state index in [9.17, 15) is 13.2 Å². The highest BCUT2D eigenvalue weighted by atomic mass is 32.2. The van der Waals surface area contributed by atoms with Gasteiger partial charge in [-0.15, -0.1) is 4.72 Å². The summed E-state index contributed by atoms with van der Waals surface area (Å²) in [5, 5.41) is 0. The molecule has 0 spiro atoms. The number of carbonyl (C=O) groups is 1. The van der Waals surface area contributed by atoms with Gasteiger partial charge in [0, 0.05) is 6.92 Å². The third kappa shape index (κ3) is 2.95. The second-order valence-corrected chi connectivity index (χ2v) is 4.37. The Hall–Kier alpha value is -1.56. The minimum absolute atomic E-state index is 0.0292. The SMILES string of the molecule is COc1ccc(S(=O)(=O)[N]C(C)=O)cc1. The molecule has 0 aromatic heterocycles. The van der Waals surface area contributed by atoms with Crippen molar-refractivity contribution < 1.29 is 17.9 Å². The monoisotopic (exact) mass is 228 g/mol. The zero-order valence-electron chi connectivity index (χ0n) is 8.30. The van der Waals surface area contributed by atoms with Crippen molar-refractivity contribution in [3.8, 4) is 5.75 Å². The van der Waals surface area contributed by atoms with Crippen LogP contribution in [0.15, 0.2) is 29.2 Å². The summed E-state index contributed by atoms with van der Waals surface area (Å²) in [6.45, 7) is 1.08. The molecule has 0 saturated carbocycles. The molecular formula is C9H10NO4S. The zero-order chi connectivity index (χ0) is 11.5. The Bertz CT molecular complexity index is 450. The van der Waals surface area contributed by atoms with Crippen molar-refractivity contribution in [1.82, 2.24) is 4.72 Å². The Morgan fingerprint density at radius 3 is 2.20 bits per heavy atom. The molecule has 0 unspecified atom stereocenters. The highest BCUT2D eigenvalue weighted by Crippen LogP contribution is 2.15. The second kappa shape index (κ2) is 4.31. The average molecular weight is 228 g/mol. The predicted octanol–water partition coefficient (Wildman–Crippen LogP) is 0.535. The molecule has 0 saturated heterocycles. The molecule has 1 rings (SSSR count). The summed E-state index contributed by atoms with van der Waals surface area (Å²) in [5.41, 5.74) is 0. The first kappa shape index (κ1) is 11.5. The van der Waals surface area contributed by atoms with Gasteiger partial charge in [-0.1, -0.05) is 0 Å². The van der Waals surface area contributed by atoms with Crippen molar-refractivity contribution in [3.63, 3.8) is 0 Å². The lowest BCUT2D eigenvalue weighted by molar-refractivity contribution is -0.117. The van der Waals surface area contributed by atoms with E-state index in [2.05, 4.69) is 4.72 Å². The number of sulfonamides is 1. The van der Waals surface area contributed by atoms with Crippen molar-refractivity contribution >= 4 is 15.9 Å². The van der Waals surface area contributed by atoms with Crippen molar-refractivity contribution in [2.75, 3.05) is 7.11 Å². The highest BCUT2D eigenvalue weighted by molar-refractivity contribution is 7.90. The molecule has 0 heterocycles. The summed E-state index contributed by atoms with van der Waals surface area (Å²) in [5.74, 6) is -0.206. The second-order valence-electron chi connectivity index (χ2n) is 2.76. The fourth-order valence-corrected chi connectivity index (χ4v) is 1.89. The molecular weight excluding hydrogens is 218 g/mol. The molecule has 1 amide bonds. The molecule has 0 bridgehead atoms. The number of nitrogens with zero attached hydrogens (tertiary/aromatic N) is 1. The van der Waals surface area contributed by atoms with E-state index in [-0.39, 0.29) is 4.90 Å². The smallest absolute Gasteiger partial charge is 0.285 e.